The van der Waals surface area contributed by atoms with E-state index < -0.39 is 12.0 Å². The minimum absolute atomic E-state index is 0.00861. The first kappa shape index (κ1) is 16.8. The average Bonchev–Trinajstić information content (AvgIpc) is 3.08. The molecular weight excluding hydrogens is 328 g/mol. The molecule has 24 heavy (non-hydrogen) atoms. The normalized spacial score (nSPS) is 25.5. The van der Waals surface area contributed by atoms with Crippen molar-refractivity contribution >= 4 is 29.5 Å². The van der Waals surface area contributed by atoms with Crippen LogP contribution in [0.5, 0.6) is 0 Å². The molecule has 2 saturated heterocycles. The van der Waals surface area contributed by atoms with E-state index in [-0.39, 0.29) is 29.8 Å². The Kier molecular flexibility index (Phi) is 4.80. The average molecular weight is 348 g/mol. The van der Waals surface area contributed by atoms with Gasteiger partial charge in [0.1, 0.15) is 19.2 Å². The van der Waals surface area contributed by atoms with Crippen LogP contribution in [0.25, 0.3) is 0 Å². The Balaban J connectivity index is 1.47. The van der Waals surface area contributed by atoms with Crippen LogP contribution in [0.3, 0.4) is 0 Å². The molecule has 2 aliphatic rings. The lowest BCUT2D eigenvalue weighted by molar-refractivity contribution is -0.146. The summed E-state index contributed by atoms with van der Waals surface area (Å²) < 4.78 is 5.13. The van der Waals surface area contributed by atoms with Crippen LogP contribution < -0.4 is 5.32 Å². The zero-order valence-electron chi connectivity index (χ0n) is 13.5. The van der Waals surface area contributed by atoms with Crippen molar-refractivity contribution in [2.45, 2.75) is 37.3 Å². The third-order valence-electron chi connectivity index (χ3n) is 4.40. The molecule has 0 aromatic heterocycles. The van der Waals surface area contributed by atoms with Gasteiger partial charge in [-0.15, -0.1) is 11.8 Å². The first-order valence-corrected chi connectivity index (χ1v) is 8.91. The maximum atomic E-state index is 12.3. The number of nitrogens with one attached hydrogen (secondary N) is 1. The molecule has 6 nitrogen and oxygen atoms in total. The largest absolute Gasteiger partial charge is 0.460 e. The van der Waals surface area contributed by atoms with E-state index >= 15 is 0 Å². The van der Waals surface area contributed by atoms with Crippen LogP contribution in [0.1, 0.15) is 25.3 Å². The molecule has 0 radical (unpaired) electrons. The van der Waals surface area contributed by atoms with Gasteiger partial charge in [0.05, 0.1) is 4.87 Å². The summed E-state index contributed by atoms with van der Waals surface area (Å²) in [4.78, 5) is 37.5. The smallest absolute Gasteiger partial charge is 0.325 e. The van der Waals surface area contributed by atoms with Gasteiger partial charge in [0.25, 0.3) is 0 Å². The fraction of sp³-hybridized carbons (Fsp3) is 0.471. The topological polar surface area (TPSA) is 75.7 Å². The molecule has 1 N–H and O–H groups in total. The van der Waals surface area contributed by atoms with Crippen molar-refractivity contribution in [1.82, 2.24) is 10.2 Å². The molecule has 2 unspecified atom stereocenters. The second-order valence-electron chi connectivity index (χ2n) is 6.13. The van der Waals surface area contributed by atoms with Crippen molar-refractivity contribution in [3.8, 4) is 0 Å². The van der Waals surface area contributed by atoms with Crippen molar-refractivity contribution in [3.05, 3.63) is 35.9 Å². The van der Waals surface area contributed by atoms with Crippen molar-refractivity contribution in [2.24, 2.45) is 0 Å². The van der Waals surface area contributed by atoms with Crippen LogP contribution in [0.4, 0.5) is 0 Å². The molecule has 1 aromatic rings. The highest BCUT2D eigenvalue weighted by Crippen LogP contribution is 2.47. The van der Waals surface area contributed by atoms with Gasteiger partial charge in [-0.2, -0.15) is 0 Å². The molecule has 128 valence electrons. The summed E-state index contributed by atoms with van der Waals surface area (Å²) in [7, 11) is 0. The Morgan fingerprint density at radius 3 is 2.88 bits per heavy atom. The monoisotopic (exact) mass is 348 g/mol. The molecule has 7 heteroatoms. The summed E-state index contributed by atoms with van der Waals surface area (Å²) in [5.74, 6) is -0.214. The number of rotatable bonds is 5. The van der Waals surface area contributed by atoms with E-state index in [2.05, 4.69) is 5.32 Å². The maximum Gasteiger partial charge on any atom is 0.325 e. The summed E-state index contributed by atoms with van der Waals surface area (Å²) in [6.07, 6.45) is 1.24. The number of carbonyl (C=O) groups is 3. The molecule has 3 rings (SSSR count). The predicted octanol–water partition coefficient (Wildman–Crippen LogP) is 1.30. The number of thioether (sulfide) groups is 1. The van der Waals surface area contributed by atoms with E-state index in [4.69, 9.17) is 4.74 Å². The molecule has 2 aliphatic heterocycles. The number of nitrogens with zero attached hydrogens (tertiary/aromatic N) is 1. The third-order valence-corrected chi connectivity index (χ3v) is 5.90. The number of carbonyl (C=O) groups excluding carboxylic acids is 3. The number of hydrogen-bond acceptors (Lipinski definition) is 5. The summed E-state index contributed by atoms with van der Waals surface area (Å²) in [5.41, 5.74) is 0.891. The molecular formula is C17H20N2O4S. The number of amides is 2. The van der Waals surface area contributed by atoms with Gasteiger partial charge < -0.3 is 15.0 Å². The SMILES string of the molecule is CC12CCC(=O)N1C(C(=O)NCC(=O)OCc1ccccc1)CS2. The predicted molar refractivity (Wildman–Crippen MR) is 90.0 cm³/mol. The molecule has 0 spiro atoms. The first-order valence-electron chi connectivity index (χ1n) is 7.93. The molecule has 0 bridgehead atoms. The fourth-order valence-electron chi connectivity index (χ4n) is 3.08. The van der Waals surface area contributed by atoms with E-state index in [0.717, 1.165) is 12.0 Å². The highest BCUT2D eigenvalue weighted by atomic mass is 32.2. The number of hydrogen-bond donors (Lipinski definition) is 1. The Labute approximate surface area is 144 Å². The van der Waals surface area contributed by atoms with Crippen molar-refractivity contribution in [2.75, 3.05) is 12.3 Å². The summed E-state index contributed by atoms with van der Waals surface area (Å²) in [6, 6.07) is 8.85. The van der Waals surface area contributed by atoms with Crippen LogP contribution in [-0.4, -0.2) is 45.9 Å². The second kappa shape index (κ2) is 6.84. The highest BCUT2D eigenvalue weighted by Gasteiger charge is 2.52. The number of ether oxygens (including phenoxy) is 1. The molecule has 2 fully saturated rings. The van der Waals surface area contributed by atoms with Crippen molar-refractivity contribution in [1.29, 1.82) is 0 Å². The first-order chi connectivity index (χ1) is 11.5. The van der Waals surface area contributed by atoms with Crippen LogP contribution in [0.2, 0.25) is 0 Å². The molecule has 2 heterocycles. The second-order valence-corrected chi connectivity index (χ2v) is 7.63. The fourth-order valence-corrected chi connectivity index (χ4v) is 4.51. The van der Waals surface area contributed by atoms with Gasteiger partial charge >= 0.3 is 5.97 Å². The lowest BCUT2D eigenvalue weighted by Gasteiger charge is -2.29. The van der Waals surface area contributed by atoms with Crippen LogP contribution >= 0.6 is 11.8 Å². The highest BCUT2D eigenvalue weighted by molar-refractivity contribution is 8.01. The van der Waals surface area contributed by atoms with Gasteiger partial charge in [-0.1, -0.05) is 30.3 Å². The Morgan fingerprint density at radius 1 is 1.38 bits per heavy atom. The minimum Gasteiger partial charge on any atom is -0.460 e. The Hall–Kier alpha value is -2.02. The number of fused-ring (bicyclic) bond motifs is 1. The zero-order chi connectivity index (χ0) is 17.2. The molecule has 2 atom stereocenters. The molecule has 1 aromatic carbocycles. The summed E-state index contributed by atoms with van der Waals surface area (Å²) >= 11 is 1.63. The summed E-state index contributed by atoms with van der Waals surface area (Å²) in [5, 5.41) is 2.59. The number of benzene rings is 1. The van der Waals surface area contributed by atoms with Crippen LogP contribution in [-0.2, 0) is 25.7 Å². The molecule has 2 amide bonds. The van der Waals surface area contributed by atoms with Gasteiger partial charge in [-0.05, 0) is 18.9 Å². The van der Waals surface area contributed by atoms with E-state index in [1.54, 1.807) is 16.7 Å². The van der Waals surface area contributed by atoms with Gasteiger partial charge in [-0.25, -0.2) is 0 Å². The van der Waals surface area contributed by atoms with E-state index in [0.29, 0.717) is 12.2 Å². The van der Waals surface area contributed by atoms with Crippen LogP contribution in [0.15, 0.2) is 30.3 Å². The maximum absolute atomic E-state index is 12.3. The van der Waals surface area contributed by atoms with Gasteiger partial charge in [-0.3, -0.25) is 14.4 Å². The van der Waals surface area contributed by atoms with E-state index in [1.165, 1.54) is 0 Å². The van der Waals surface area contributed by atoms with E-state index in [1.807, 2.05) is 37.3 Å². The van der Waals surface area contributed by atoms with Gasteiger partial charge in [0, 0.05) is 12.2 Å². The van der Waals surface area contributed by atoms with Crippen molar-refractivity contribution < 1.29 is 19.1 Å². The number of esters is 1. The molecule has 0 saturated carbocycles. The quantitative estimate of drug-likeness (QED) is 0.812. The standard InChI is InChI=1S/C17H20N2O4S/c1-17-8-7-14(20)19(17)13(11-24-17)16(22)18-9-15(21)23-10-12-5-3-2-4-6-12/h2-6,13H,7-11H2,1H3,(H,18,22). The van der Waals surface area contributed by atoms with Gasteiger partial charge in [0.2, 0.25) is 11.8 Å². The lowest BCUT2D eigenvalue weighted by atomic mass is 10.2. The Morgan fingerprint density at radius 2 is 2.12 bits per heavy atom. The van der Waals surface area contributed by atoms with E-state index in [9.17, 15) is 14.4 Å². The van der Waals surface area contributed by atoms with Gasteiger partial charge in [0.15, 0.2) is 0 Å². The van der Waals surface area contributed by atoms with Crippen molar-refractivity contribution in [3.63, 3.8) is 0 Å². The van der Waals surface area contributed by atoms with Crippen LogP contribution in [0, 0.1) is 0 Å². The Bertz CT molecular complexity index is 651. The molecule has 0 aliphatic carbocycles. The lowest BCUT2D eigenvalue weighted by Crippen LogP contribution is -2.50. The summed E-state index contributed by atoms with van der Waals surface area (Å²) in [6.45, 7) is 1.98. The third kappa shape index (κ3) is 3.40. The zero-order valence-corrected chi connectivity index (χ0v) is 14.3. The minimum atomic E-state index is -0.503.